The molecule has 0 bridgehead atoms. The molecule has 0 aliphatic carbocycles. The lowest BCUT2D eigenvalue weighted by Gasteiger charge is -2.24. The Morgan fingerprint density at radius 3 is 2.68 bits per heavy atom. The van der Waals surface area contributed by atoms with Crippen molar-refractivity contribution in [3.63, 3.8) is 0 Å². The van der Waals surface area contributed by atoms with E-state index in [1.54, 1.807) is 25.4 Å². The number of fused-ring (bicyclic) bond motifs is 1. The maximum Gasteiger partial charge on any atom is 0.227 e. The molecule has 7 heteroatoms. The van der Waals surface area contributed by atoms with Gasteiger partial charge in [0.2, 0.25) is 5.91 Å². The van der Waals surface area contributed by atoms with Gasteiger partial charge >= 0.3 is 0 Å². The van der Waals surface area contributed by atoms with E-state index in [9.17, 15) is 9.90 Å². The molecule has 1 atom stereocenters. The zero-order valence-electron chi connectivity index (χ0n) is 15.1. The summed E-state index contributed by atoms with van der Waals surface area (Å²) in [6.45, 7) is 4.49. The zero-order valence-corrected chi connectivity index (χ0v) is 15.9. The van der Waals surface area contributed by atoms with Gasteiger partial charge in [-0.25, -0.2) is 0 Å². The largest absolute Gasteiger partial charge is 0.386 e. The van der Waals surface area contributed by atoms with Crippen LogP contribution in [0.15, 0.2) is 35.3 Å². The topological polar surface area (TPSA) is 85.8 Å². The average molecular weight is 362 g/mol. The Hall–Kier alpha value is -2.12. The highest BCUT2D eigenvalue weighted by atomic mass is 32.1. The smallest absolute Gasteiger partial charge is 0.227 e. The predicted octanol–water partition coefficient (Wildman–Crippen LogP) is 1.87. The number of hydrogen-bond acceptors (Lipinski definition) is 4. The molecular formula is C18H26N4O2S. The van der Waals surface area contributed by atoms with Gasteiger partial charge in [0.05, 0.1) is 5.41 Å². The highest BCUT2D eigenvalue weighted by Gasteiger charge is 2.26. The number of aliphatic hydroxyl groups is 1. The molecule has 0 saturated heterocycles. The molecule has 6 nitrogen and oxygen atoms in total. The lowest BCUT2D eigenvalue weighted by Crippen LogP contribution is -2.47. The molecule has 0 fully saturated rings. The molecule has 1 aromatic heterocycles. The normalized spacial score (nSPS) is 13.6. The van der Waals surface area contributed by atoms with Crippen LogP contribution in [0.3, 0.4) is 0 Å². The molecule has 2 aromatic rings. The lowest BCUT2D eigenvalue weighted by atomic mass is 9.92. The first kappa shape index (κ1) is 19.2. The third kappa shape index (κ3) is 4.93. The summed E-state index contributed by atoms with van der Waals surface area (Å²) in [7, 11) is 3.28. The Morgan fingerprint density at radius 1 is 1.32 bits per heavy atom. The van der Waals surface area contributed by atoms with Crippen molar-refractivity contribution in [3.8, 4) is 0 Å². The lowest BCUT2D eigenvalue weighted by molar-refractivity contribution is -0.128. The van der Waals surface area contributed by atoms with Crippen LogP contribution in [0.2, 0.25) is 0 Å². The van der Waals surface area contributed by atoms with Crippen LogP contribution in [0.4, 0.5) is 0 Å². The standard InChI is InChI=1S/C18H26N4O2S/c1-18(2,16(24)19-3)11-22-17(20-4)21-10-13(23)15-9-12-7-5-6-8-14(12)25-15/h5-9,13,23H,10-11H2,1-4H3,(H,19,24)(H2,20,21,22). The van der Waals surface area contributed by atoms with Crippen molar-refractivity contribution in [2.75, 3.05) is 27.2 Å². The van der Waals surface area contributed by atoms with Crippen molar-refractivity contribution in [3.05, 3.63) is 35.2 Å². The first-order valence-electron chi connectivity index (χ1n) is 8.20. The first-order valence-corrected chi connectivity index (χ1v) is 9.02. The number of nitrogens with zero attached hydrogens (tertiary/aromatic N) is 1. The van der Waals surface area contributed by atoms with Gasteiger partial charge in [0.25, 0.3) is 0 Å². The van der Waals surface area contributed by atoms with E-state index in [0.717, 1.165) is 15.0 Å². The number of amides is 1. The van der Waals surface area contributed by atoms with Crippen molar-refractivity contribution >= 4 is 33.3 Å². The van der Waals surface area contributed by atoms with Crippen molar-refractivity contribution < 1.29 is 9.90 Å². The molecule has 0 aliphatic heterocycles. The molecule has 4 N–H and O–H groups in total. The van der Waals surface area contributed by atoms with Gasteiger partial charge in [-0.15, -0.1) is 11.3 Å². The second kappa shape index (κ2) is 8.31. The van der Waals surface area contributed by atoms with Gasteiger partial charge in [-0.1, -0.05) is 18.2 Å². The van der Waals surface area contributed by atoms with E-state index in [4.69, 9.17) is 0 Å². The summed E-state index contributed by atoms with van der Waals surface area (Å²) in [6.07, 6.45) is -0.622. The number of hydrogen-bond donors (Lipinski definition) is 4. The van der Waals surface area contributed by atoms with Gasteiger partial charge < -0.3 is 21.1 Å². The third-order valence-electron chi connectivity index (χ3n) is 4.00. The molecule has 1 heterocycles. The Balaban J connectivity index is 1.90. The Bertz CT molecular complexity index is 721. The van der Waals surface area contributed by atoms with Crippen molar-refractivity contribution in [1.82, 2.24) is 16.0 Å². The molecule has 0 spiro atoms. The number of nitrogens with one attached hydrogen (secondary N) is 3. The number of carbonyl (C=O) groups excluding carboxylic acids is 1. The van der Waals surface area contributed by atoms with Gasteiger partial charge in [0, 0.05) is 36.8 Å². The highest BCUT2D eigenvalue weighted by molar-refractivity contribution is 7.19. The van der Waals surface area contributed by atoms with Crippen LogP contribution >= 0.6 is 11.3 Å². The predicted molar refractivity (Wildman–Crippen MR) is 104 cm³/mol. The fourth-order valence-electron chi connectivity index (χ4n) is 2.40. The molecule has 25 heavy (non-hydrogen) atoms. The maximum atomic E-state index is 11.8. The van der Waals surface area contributed by atoms with Crippen LogP contribution < -0.4 is 16.0 Å². The summed E-state index contributed by atoms with van der Waals surface area (Å²) in [4.78, 5) is 16.9. The number of aliphatic hydroxyl groups excluding tert-OH is 1. The molecule has 1 amide bonds. The number of guanidine groups is 1. The van der Waals surface area contributed by atoms with Crippen LogP contribution in [0.5, 0.6) is 0 Å². The Morgan fingerprint density at radius 2 is 2.04 bits per heavy atom. The summed E-state index contributed by atoms with van der Waals surface area (Å²) < 4.78 is 1.16. The SMILES string of the molecule is CN=C(NCC(O)c1cc2ccccc2s1)NCC(C)(C)C(=O)NC. The van der Waals surface area contributed by atoms with Crippen molar-refractivity contribution in [1.29, 1.82) is 0 Å². The van der Waals surface area contributed by atoms with E-state index in [1.807, 2.05) is 44.2 Å². The van der Waals surface area contributed by atoms with Crippen LogP contribution in [-0.2, 0) is 4.79 Å². The molecule has 1 aromatic carbocycles. The van der Waals surface area contributed by atoms with E-state index in [1.165, 1.54) is 0 Å². The maximum absolute atomic E-state index is 11.8. The van der Waals surface area contributed by atoms with Crippen molar-refractivity contribution in [2.24, 2.45) is 10.4 Å². The van der Waals surface area contributed by atoms with E-state index in [0.29, 0.717) is 19.0 Å². The van der Waals surface area contributed by atoms with Gasteiger partial charge in [-0.05, 0) is 31.4 Å². The average Bonchev–Trinajstić information content (AvgIpc) is 3.05. The quantitative estimate of drug-likeness (QED) is 0.467. The number of benzene rings is 1. The van der Waals surface area contributed by atoms with Crippen molar-refractivity contribution in [2.45, 2.75) is 20.0 Å². The molecule has 0 saturated carbocycles. The fourth-order valence-corrected chi connectivity index (χ4v) is 3.46. The fraction of sp³-hybridized carbons (Fsp3) is 0.444. The minimum Gasteiger partial charge on any atom is -0.386 e. The van der Waals surface area contributed by atoms with Crippen LogP contribution in [0.25, 0.3) is 10.1 Å². The number of rotatable bonds is 6. The number of thiophene rings is 1. The van der Waals surface area contributed by atoms with Gasteiger partial charge in [0.1, 0.15) is 6.10 Å². The zero-order chi connectivity index (χ0) is 18.4. The third-order valence-corrected chi connectivity index (χ3v) is 5.22. The molecule has 0 aliphatic rings. The second-order valence-corrected chi connectivity index (χ2v) is 7.59. The van der Waals surface area contributed by atoms with E-state index >= 15 is 0 Å². The molecule has 0 radical (unpaired) electrons. The van der Waals surface area contributed by atoms with Crippen LogP contribution in [0, 0.1) is 5.41 Å². The van der Waals surface area contributed by atoms with E-state index in [-0.39, 0.29) is 5.91 Å². The minimum absolute atomic E-state index is 0.0410. The summed E-state index contributed by atoms with van der Waals surface area (Å²) >= 11 is 1.59. The summed E-state index contributed by atoms with van der Waals surface area (Å²) in [5.41, 5.74) is -0.559. The highest BCUT2D eigenvalue weighted by Crippen LogP contribution is 2.29. The summed E-state index contributed by atoms with van der Waals surface area (Å²) in [5, 5.41) is 20.4. The Labute approximate surface area is 152 Å². The van der Waals surface area contributed by atoms with Gasteiger partial charge in [0.15, 0.2) is 5.96 Å². The summed E-state index contributed by atoms with van der Waals surface area (Å²) in [6, 6.07) is 10.1. The molecule has 136 valence electrons. The van der Waals surface area contributed by atoms with Crippen LogP contribution in [0.1, 0.15) is 24.8 Å². The number of carbonyl (C=O) groups is 1. The number of aliphatic imine (C=N–C) groups is 1. The van der Waals surface area contributed by atoms with E-state index < -0.39 is 11.5 Å². The van der Waals surface area contributed by atoms with E-state index in [2.05, 4.69) is 20.9 Å². The minimum atomic E-state index is -0.622. The molecular weight excluding hydrogens is 336 g/mol. The second-order valence-electron chi connectivity index (χ2n) is 6.47. The van der Waals surface area contributed by atoms with Crippen LogP contribution in [-0.4, -0.2) is 44.2 Å². The summed E-state index contributed by atoms with van der Waals surface area (Å²) in [5.74, 6) is 0.512. The molecule has 2 rings (SSSR count). The Kier molecular flexibility index (Phi) is 6.39. The first-order chi connectivity index (χ1) is 11.9. The molecule has 1 unspecified atom stereocenters. The van der Waals surface area contributed by atoms with Gasteiger partial charge in [-0.2, -0.15) is 0 Å². The monoisotopic (exact) mass is 362 g/mol. The van der Waals surface area contributed by atoms with Gasteiger partial charge in [-0.3, -0.25) is 9.79 Å².